The minimum Gasteiger partial charge on any atom is -0.481 e. The number of aliphatic carboxylic acids is 1. The van der Waals surface area contributed by atoms with Gasteiger partial charge in [-0.2, -0.15) is 0 Å². The summed E-state index contributed by atoms with van der Waals surface area (Å²) in [6, 6.07) is 0. The smallest absolute Gasteiger partial charge is 0.305 e. The molecule has 5 heteroatoms. The maximum atomic E-state index is 12.7. The summed E-state index contributed by atoms with van der Waals surface area (Å²) >= 11 is 0. The monoisotopic (exact) mass is 282 g/mol. The van der Waals surface area contributed by atoms with E-state index in [9.17, 15) is 14.7 Å². The predicted octanol–water partition coefficient (Wildman–Crippen LogP) is 1.62. The minimum absolute atomic E-state index is 0.0151. The van der Waals surface area contributed by atoms with Gasteiger partial charge in [0.1, 0.15) is 0 Å². The van der Waals surface area contributed by atoms with Gasteiger partial charge in [0.15, 0.2) is 0 Å². The molecule has 0 radical (unpaired) electrons. The number of nitrogens with one attached hydrogen (secondary N) is 1. The maximum absolute atomic E-state index is 12.7. The molecule has 1 saturated heterocycles. The number of carboxylic acids is 1. The highest BCUT2D eigenvalue weighted by atomic mass is 16.4. The van der Waals surface area contributed by atoms with Crippen LogP contribution in [0.4, 0.5) is 0 Å². The predicted molar refractivity (Wildman–Crippen MR) is 76.4 cm³/mol. The molecule has 0 aromatic rings. The van der Waals surface area contributed by atoms with Crippen molar-refractivity contribution in [1.82, 2.24) is 10.2 Å². The zero-order valence-corrected chi connectivity index (χ0v) is 12.4. The van der Waals surface area contributed by atoms with Crippen LogP contribution in [0.15, 0.2) is 0 Å². The molecule has 1 heterocycles. The molecule has 2 aliphatic rings. The number of piperidine rings is 1. The summed E-state index contributed by atoms with van der Waals surface area (Å²) in [7, 11) is 1.81. The van der Waals surface area contributed by atoms with Crippen molar-refractivity contribution in [3.63, 3.8) is 0 Å². The van der Waals surface area contributed by atoms with Crippen LogP contribution < -0.4 is 5.32 Å². The van der Waals surface area contributed by atoms with Crippen molar-refractivity contribution in [3.05, 3.63) is 0 Å². The van der Waals surface area contributed by atoms with E-state index in [1.165, 1.54) is 0 Å². The number of amides is 1. The number of carbonyl (C=O) groups excluding carboxylic acids is 1. The standard InChI is InChI=1S/C15H26N2O3/c1-17(14(20)12-6-5-9-16-11-12)15(10-13(18)19)7-3-2-4-8-15/h12,16H,2-11H2,1H3,(H,18,19)/t12-/m0/s1. The van der Waals surface area contributed by atoms with E-state index in [4.69, 9.17) is 0 Å². The Balaban J connectivity index is 2.10. The molecule has 1 aliphatic heterocycles. The maximum Gasteiger partial charge on any atom is 0.305 e. The van der Waals surface area contributed by atoms with Gasteiger partial charge in [-0.25, -0.2) is 0 Å². The third kappa shape index (κ3) is 3.32. The van der Waals surface area contributed by atoms with Crippen LogP contribution in [-0.4, -0.2) is 47.6 Å². The molecular weight excluding hydrogens is 256 g/mol. The third-order valence-electron chi connectivity index (χ3n) is 4.95. The molecule has 20 heavy (non-hydrogen) atoms. The van der Waals surface area contributed by atoms with Gasteiger partial charge < -0.3 is 15.3 Å². The van der Waals surface area contributed by atoms with Crippen LogP contribution in [0.5, 0.6) is 0 Å². The van der Waals surface area contributed by atoms with Gasteiger partial charge in [0.25, 0.3) is 0 Å². The number of hydrogen-bond acceptors (Lipinski definition) is 3. The van der Waals surface area contributed by atoms with Crippen molar-refractivity contribution < 1.29 is 14.7 Å². The van der Waals surface area contributed by atoms with E-state index in [-0.39, 0.29) is 18.2 Å². The molecule has 1 atom stereocenters. The van der Waals surface area contributed by atoms with Crippen LogP contribution in [0.25, 0.3) is 0 Å². The Morgan fingerprint density at radius 3 is 2.50 bits per heavy atom. The fraction of sp³-hybridized carbons (Fsp3) is 0.867. The van der Waals surface area contributed by atoms with Crippen LogP contribution in [0.1, 0.15) is 51.4 Å². The Bertz CT molecular complexity index is 358. The zero-order valence-electron chi connectivity index (χ0n) is 12.4. The van der Waals surface area contributed by atoms with Crippen molar-refractivity contribution >= 4 is 11.9 Å². The van der Waals surface area contributed by atoms with Gasteiger partial charge in [-0.3, -0.25) is 9.59 Å². The van der Waals surface area contributed by atoms with Gasteiger partial charge >= 0.3 is 5.97 Å². The highest BCUT2D eigenvalue weighted by molar-refractivity contribution is 5.81. The summed E-state index contributed by atoms with van der Waals surface area (Å²) in [6.45, 7) is 1.71. The molecule has 1 saturated carbocycles. The van der Waals surface area contributed by atoms with Gasteiger partial charge in [0.2, 0.25) is 5.91 Å². The largest absolute Gasteiger partial charge is 0.481 e. The second-order valence-electron chi connectivity index (χ2n) is 6.30. The lowest BCUT2D eigenvalue weighted by Gasteiger charge is -2.45. The summed E-state index contributed by atoms with van der Waals surface area (Å²) in [5.41, 5.74) is -0.460. The molecule has 2 fully saturated rings. The summed E-state index contributed by atoms with van der Waals surface area (Å²) in [5, 5.41) is 12.5. The van der Waals surface area contributed by atoms with Crippen LogP contribution in [0.3, 0.4) is 0 Å². The Hall–Kier alpha value is -1.10. The van der Waals surface area contributed by atoms with E-state index in [0.29, 0.717) is 0 Å². The average Bonchev–Trinajstić information content (AvgIpc) is 2.47. The number of rotatable bonds is 4. The van der Waals surface area contributed by atoms with Crippen molar-refractivity contribution in [2.24, 2.45) is 5.92 Å². The summed E-state index contributed by atoms with van der Waals surface area (Å²) in [5.74, 6) is -0.657. The molecule has 0 spiro atoms. The van der Waals surface area contributed by atoms with Crippen molar-refractivity contribution in [1.29, 1.82) is 0 Å². The molecule has 2 N–H and O–H groups in total. The Morgan fingerprint density at radius 2 is 1.95 bits per heavy atom. The average molecular weight is 282 g/mol. The van der Waals surface area contributed by atoms with Crippen molar-refractivity contribution in [2.45, 2.75) is 56.9 Å². The lowest BCUT2D eigenvalue weighted by atomic mass is 9.77. The van der Waals surface area contributed by atoms with Crippen LogP contribution >= 0.6 is 0 Å². The molecule has 0 aromatic carbocycles. The van der Waals surface area contributed by atoms with E-state index >= 15 is 0 Å². The van der Waals surface area contributed by atoms with Gasteiger partial charge in [-0.1, -0.05) is 19.3 Å². The van der Waals surface area contributed by atoms with Gasteiger partial charge in [-0.15, -0.1) is 0 Å². The second-order valence-corrected chi connectivity index (χ2v) is 6.30. The molecule has 5 nitrogen and oxygen atoms in total. The third-order valence-corrected chi connectivity index (χ3v) is 4.95. The molecular formula is C15H26N2O3. The first-order valence-electron chi connectivity index (χ1n) is 7.75. The van der Waals surface area contributed by atoms with Gasteiger partial charge in [-0.05, 0) is 32.2 Å². The van der Waals surface area contributed by atoms with Gasteiger partial charge in [0.05, 0.1) is 17.9 Å². The Kier molecular flexibility index (Phi) is 5.02. The van der Waals surface area contributed by atoms with Crippen LogP contribution in [0.2, 0.25) is 0 Å². The lowest BCUT2D eigenvalue weighted by Crippen LogP contribution is -2.55. The normalized spacial score (nSPS) is 25.9. The van der Waals surface area contributed by atoms with E-state index in [1.807, 2.05) is 7.05 Å². The topological polar surface area (TPSA) is 69.6 Å². The fourth-order valence-electron chi connectivity index (χ4n) is 3.69. The summed E-state index contributed by atoms with van der Waals surface area (Å²) in [4.78, 5) is 25.7. The Labute approximate surface area is 120 Å². The molecule has 2 rings (SSSR count). The molecule has 0 bridgehead atoms. The molecule has 1 amide bonds. The highest BCUT2D eigenvalue weighted by Crippen LogP contribution is 2.37. The number of carboxylic acid groups (broad SMARTS) is 1. The number of carbonyl (C=O) groups is 2. The van der Waals surface area contributed by atoms with Crippen molar-refractivity contribution in [2.75, 3.05) is 20.1 Å². The SMILES string of the molecule is CN(C(=O)[C@H]1CCCNC1)C1(CC(=O)O)CCCCC1. The van der Waals surface area contributed by atoms with E-state index in [2.05, 4.69) is 5.32 Å². The Morgan fingerprint density at radius 1 is 1.25 bits per heavy atom. The lowest BCUT2D eigenvalue weighted by molar-refractivity contribution is -0.148. The van der Waals surface area contributed by atoms with Crippen molar-refractivity contribution in [3.8, 4) is 0 Å². The summed E-state index contributed by atoms with van der Waals surface area (Å²) < 4.78 is 0. The van der Waals surface area contributed by atoms with Crippen LogP contribution in [0, 0.1) is 5.92 Å². The molecule has 0 aromatic heterocycles. The van der Waals surface area contributed by atoms with E-state index in [0.717, 1.165) is 58.0 Å². The summed E-state index contributed by atoms with van der Waals surface area (Å²) in [6.07, 6.45) is 6.85. The first-order valence-corrected chi connectivity index (χ1v) is 7.75. The van der Waals surface area contributed by atoms with Gasteiger partial charge in [0, 0.05) is 13.6 Å². The molecule has 1 aliphatic carbocycles. The first kappa shape index (κ1) is 15.3. The first-order chi connectivity index (χ1) is 9.55. The molecule has 0 unspecified atom stereocenters. The number of nitrogens with zero attached hydrogens (tertiary/aromatic N) is 1. The minimum atomic E-state index is -0.798. The highest BCUT2D eigenvalue weighted by Gasteiger charge is 2.42. The number of hydrogen-bond donors (Lipinski definition) is 2. The fourth-order valence-corrected chi connectivity index (χ4v) is 3.69. The van der Waals surface area contributed by atoms with Crippen LogP contribution in [-0.2, 0) is 9.59 Å². The molecule has 114 valence electrons. The van der Waals surface area contributed by atoms with E-state index < -0.39 is 11.5 Å². The van der Waals surface area contributed by atoms with E-state index in [1.54, 1.807) is 4.90 Å². The quantitative estimate of drug-likeness (QED) is 0.822. The second kappa shape index (κ2) is 6.57. The zero-order chi connectivity index (χ0) is 14.6.